The van der Waals surface area contributed by atoms with E-state index < -0.39 is 29.8 Å². The van der Waals surface area contributed by atoms with Crippen LogP contribution in [0.5, 0.6) is 0 Å². The third-order valence-electron chi connectivity index (χ3n) is 6.12. The van der Waals surface area contributed by atoms with Gasteiger partial charge in [0.1, 0.15) is 17.7 Å². The van der Waals surface area contributed by atoms with E-state index in [2.05, 4.69) is 18.5 Å². The van der Waals surface area contributed by atoms with Gasteiger partial charge in [-0.3, -0.25) is 9.59 Å². The second-order valence-corrected chi connectivity index (χ2v) is 9.10. The second-order valence-electron chi connectivity index (χ2n) is 9.10. The zero-order valence-corrected chi connectivity index (χ0v) is 21.9. The van der Waals surface area contributed by atoms with Gasteiger partial charge in [0.05, 0.1) is 19.1 Å². The first-order chi connectivity index (χ1) is 17.6. The van der Waals surface area contributed by atoms with E-state index in [-0.39, 0.29) is 30.8 Å². The number of benzene rings is 2. The maximum atomic E-state index is 15.5. The first-order valence-electron chi connectivity index (χ1n) is 12.6. The van der Waals surface area contributed by atoms with Crippen molar-refractivity contribution in [1.29, 1.82) is 0 Å². The average molecular weight is 514 g/mol. The number of hydrogen-bond donors (Lipinski definition) is 2. The van der Waals surface area contributed by atoms with Crippen molar-refractivity contribution in [2.45, 2.75) is 71.4 Å². The molecule has 0 radical (unpaired) electrons. The summed E-state index contributed by atoms with van der Waals surface area (Å²) >= 11 is 0. The lowest BCUT2D eigenvalue weighted by Crippen LogP contribution is -2.38. The third kappa shape index (κ3) is 8.35. The summed E-state index contributed by atoms with van der Waals surface area (Å²) < 4.78 is 34.9. The Morgan fingerprint density at radius 1 is 1.08 bits per heavy atom. The number of hydrogen-bond acceptors (Lipinski definition) is 4. The van der Waals surface area contributed by atoms with Crippen LogP contribution < -0.4 is 5.32 Å². The molecular weight excluding hydrogens is 476 g/mol. The Labute approximate surface area is 218 Å². The largest absolute Gasteiger partial charge is 0.466 e. The van der Waals surface area contributed by atoms with Crippen LogP contribution in [-0.4, -0.2) is 29.7 Å². The van der Waals surface area contributed by atoms with E-state index in [0.29, 0.717) is 23.1 Å². The van der Waals surface area contributed by atoms with Crippen LogP contribution in [0.15, 0.2) is 49.6 Å². The van der Waals surface area contributed by atoms with E-state index in [1.165, 1.54) is 18.2 Å². The molecule has 2 atom stereocenters. The summed E-state index contributed by atoms with van der Waals surface area (Å²) in [7, 11) is 0. The standard InChI is InChI=1S/C30H37F2NO4/c1-6-9-10-11-13-21-16-23(31)15-19(4)28(21)22-14-20(5)29(32)24(17-22)25(18-27(35)37-8-3)33-30(36)26(34)12-7-2/h6-7,14-17,25-26,34H,1-2,8-13,18H2,3-5H3,(H,33,36)/t25-,26+/m0/s1. The SMILES string of the molecule is C=CCCCCc1cc(F)cc(C)c1-c1cc(C)c(F)c([C@H](CC(=O)OCC)NC(=O)[C@H](O)CC=C)c1. The van der Waals surface area contributed by atoms with Gasteiger partial charge in [0.15, 0.2) is 0 Å². The van der Waals surface area contributed by atoms with Crippen LogP contribution in [0, 0.1) is 25.5 Å². The van der Waals surface area contributed by atoms with Gasteiger partial charge in [0, 0.05) is 12.0 Å². The number of nitrogens with one attached hydrogen (secondary N) is 1. The lowest BCUT2D eigenvalue weighted by atomic mass is 9.88. The molecule has 7 heteroatoms. The minimum absolute atomic E-state index is 0.00347. The van der Waals surface area contributed by atoms with E-state index in [4.69, 9.17) is 4.74 Å². The predicted octanol–water partition coefficient (Wildman–Crippen LogP) is 6.19. The number of allylic oxidation sites excluding steroid dienone is 1. The molecule has 0 saturated heterocycles. The van der Waals surface area contributed by atoms with Crippen LogP contribution in [0.4, 0.5) is 8.78 Å². The fourth-order valence-electron chi connectivity index (χ4n) is 4.38. The van der Waals surface area contributed by atoms with Crippen molar-refractivity contribution >= 4 is 11.9 Å². The van der Waals surface area contributed by atoms with Gasteiger partial charge in [-0.1, -0.05) is 12.2 Å². The highest BCUT2D eigenvalue weighted by atomic mass is 19.1. The monoisotopic (exact) mass is 513 g/mol. The van der Waals surface area contributed by atoms with Crippen molar-refractivity contribution in [2.24, 2.45) is 0 Å². The number of aryl methyl sites for hydroxylation is 3. The Hall–Kier alpha value is -3.32. The highest BCUT2D eigenvalue weighted by Crippen LogP contribution is 2.35. The van der Waals surface area contributed by atoms with E-state index >= 15 is 4.39 Å². The Morgan fingerprint density at radius 3 is 2.46 bits per heavy atom. The van der Waals surface area contributed by atoms with Gasteiger partial charge in [-0.2, -0.15) is 0 Å². The minimum atomic E-state index is -1.39. The number of rotatable bonds is 14. The number of ether oxygens (including phenoxy) is 1. The molecule has 0 aliphatic rings. The summed E-state index contributed by atoms with van der Waals surface area (Å²) in [6, 6.07) is 5.12. The molecule has 0 saturated carbocycles. The second kappa shape index (κ2) is 14.4. The molecule has 0 fully saturated rings. The van der Waals surface area contributed by atoms with E-state index in [9.17, 15) is 19.1 Å². The number of amides is 1. The Bertz CT molecular complexity index is 1130. The van der Waals surface area contributed by atoms with Gasteiger partial charge in [0.2, 0.25) is 5.91 Å². The molecule has 5 nitrogen and oxygen atoms in total. The fourth-order valence-corrected chi connectivity index (χ4v) is 4.38. The Morgan fingerprint density at radius 2 is 1.81 bits per heavy atom. The molecule has 0 bridgehead atoms. The maximum absolute atomic E-state index is 15.5. The molecule has 200 valence electrons. The zero-order valence-electron chi connectivity index (χ0n) is 21.9. The molecule has 37 heavy (non-hydrogen) atoms. The Kier molecular flexibility index (Phi) is 11.7. The molecule has 1 amide bonds. The van der Waals surface area contributed by atoms with E-state index in [1.54, 1.807) is 32.9 Å². The van der Waals surface area contributed by atoms with Crippen LogP contribution in [0.1, 0.15) is 67.3 Å². The summed E-state index contributed by atoms with van der Waals surface area (Å²) in [5.41, 5.74) is 3.33. The summed E-state index contributed by atoms with van der Waals surface area (Å²) in [6.07, 6.45) is 4.75. The van der Waals surface area contributed by atoms with Gasteiger partial charge in [0.25, 0.3) is 0 Å². The van der Waals surface area contributed by atoms with Gasteiger partial charge < -0.3 is 15.2 Å². The van der Waals surface area contributed by atoms with E-state index in [0.717, 1.165) is 30.4 Å². The van der Waals surface area contributed by atoms with Crippen molar-refractivity contribution in [2.75, 3.05) is 6.61 Å². The summed E-state index contributed by atoms with van der Waals surface area (Å²) in [4.78, 5) is 24.9. The molecule has 2 rings (SSSR count). The number of unbranched alkanes of at least 4 members (excludes halogenated alkanes) is 2. The van der Waals surface area contributed by atoms with Gasteiger partial charge in [-0.05, 0) is 98.5 Å². The van der Waals surface area contributed by atoms with Gasteiger partial charge in [-0.15, -0.1) is 13.2 Å². The minimum Gasteiger partial charge on any atom is -0.466 e. The van der Waals surface area contributed by atoms with Crippen LogP contribution in [0.3, 0.4) is 0 Å². The Balaban J connectivity index is 2.59. The highest BCUT2D eigenvalue weighted by molar-refractivity contribution is 5.82. The molecule has 2 aromatic rings. The molecular formula is C30H37F2NO4. The molecule has 0 spiro atoms. The van der Waals surface area contributed by atoms with Crippen molar-refractivity contribution < 1.29 is 28.2 Å². The topological polar surface area (TPSA) is 75.6 Å². The highest BCUT2D eigenvalue weighted by Gasteiger charge is 2.27. The quantitative estimate of drug-likeness (QED) is 0.179. The number of esters is 1. The summed E-state index contributed by atoms with van der Waals surface area (Å²) in [6.45, 7) is 12.4. The number of carbonyl (C=O) groups is 2. The number of halogens is 2. The average Bonchev–Trinajstić information content (AvgIpc) is 2.83. The number of carbonyl (C=O) groups excluding carboxylic acids is 2. The van der Waals surface area contributed by atoms with Crippen LogP contribution in [-0.2, 0) is 20.7 Å². The number of aliphatic hydroxyl groups is 1. The lowest BCUT2D eigenvalue weighted by Gasteiger charge is -2.23. The summed E-state index contributed by atoms with van der Waals surface area (Å²) in [5, 5.41) is 12.7. The van der Waals surface area contributed by atoms with E-state index in [1.807, 2.05) is 6.08 Å². The molecule has 0 aliphatic carbocycles. The molecule has 0 aromatic heterocycles. The molecule has 2 N–H and O–H groups in total. The van der Waals surface area contributed by atoms with Crippen molar-refractivity contribution in [3.63, 3.8) is 0 Å². The first-order valence-corrected chi connectivity index (χ1v) is 12.6. The van der Waals surface area contributed by atoms with Crippen molar-refractivity contribution in [1.82, 2.24) is 5.32 Å². The maximum Gasteiger partial charge on any atom is 0.308 e. The zero-order chi connectivity index (χ0) is 27.5. The number of aliphatic hydroxyl groups excluding tert-OH is 1. The van der Waals surface area contributed by atoms with Crippen LogP contribution >= 0.6 is 0 Å². The summed E-state index contributed by atoms with van der Waals surface area (Å²) in [5.74, 6) is -2.29. The predicted molar refractivity (Wildman–Crippen MR) is 142 cm³/mol. The smallest absolute Gasteiger partial charge is 0.308 e. The molecule has 0 heterocycles. The first kappa shape index (κ1) is 29.9. The normalized spacial score (nSPS) is 12.5. The van der Waals surface area contributed by atoms with Crippen molar-refractivity contribution in [3.8, 4) is 11.1 Å². The fraction of sp³-hybridized carbons (Fsp3) is 0.400. The van der Waals surface area contributed by atoms with Crippen molar-refractivity contribution in [3.05, 3.63) is 83.5 Å². The van der Waals surface area contributed by atoms with Crippen LogP contribution in [0.2, 0.25) is 0 Å². The molecule has 0 unspecified atom stereocenters. The van der Waals surface area contributed by atoms with Gasteiger partial charge in [-0.25, -0.2) is 8.78 Å². The van der Waals surface area contributed by atoms with Crippen LogP contribution in [0.25, 0.3) is 11.1 Å². The van der Waals surface area contributed by atoms with Gasteiger partial charge >= 0.3 is 5.97 Å². The third-order valence-corrected chi connectivity index (χ3v) is 6.12. The molecule has 2 aromatic carbocycles. The molecule has 0 aliphatic heterocycles. The lowest BCUT2D eigenvalue weighted by molar-refractivity contribution is -0.144.